The standard InChI is InChI=1S/C12H14F2N2O4/c13-10(14)7-20-6-5-15-12(19)16-9-3-1-8(2-4-9)11(17)18/h1-4,10H,5-7H2,(H,17,18)(H2,15,16,19). The lowest BCUT2D eigenvalue weighted by Gasteiger charge is -2.08. The Morgan fingerprint density at radius 1 is 1.25 bits per heavy atom. The number of carbonyl (C=O) groups is 2. The van der Waals surface area contributed by atoms with E-state index in [4.69, 9.17) is 5.11 Å². The Hall–Kier alpha value is -2.22. The van der Waals surface area contributed by atoms with Gasteiger partial charge < -0.3 is 20.5 Å². The predicted molar refractivity (Wildman–Crippen MR) is 67.2 cm³/mol. The zero-order valence-electron chi connectivity index (χ0n) is 10.4. The maximum Gasteiger partial charge on any atom is 0.335 e. The van der Waals surface area contributed by atoms with Gasteiger partial charge in [0.05, 0.1) is 12.2 Å². The second-order valence-electron chi connectivity index (χ2n) is 3.73. The first-order valence-corrected chi connectivity index (χ1v) is 5.73. The number of alkyl halides is 2. The third-order valence-electron chi connectivity index (χ3n) is 2.17. The molecule has 0 atom stereocenters. The summed E-state index contributed by atoms with van der Waals surface area (Å²) < 4.78 is 28.0. The second kappa shape index (κ2) is 8.05. The van der Waals surface area contributed by atoms with Crippen LogP contribution in [0.5, 0.6) is 0 Å². The molecule has 0 saturated heterocycles. The second-order valence-corrected chi connectivity index (χ2v) is 3.73. The normalized spacial score (nSPS) is 10.3. The molecule has 110 valence electrons. The van der Waals surface area contributed by atoms with Crippen LogP contribution in [0.1, 0.15) is 10.4 Å². The largest absolute Gasteiger partial charge is 0.478 e. The van der Waals surface area contributed by atoms with Gasteiger partial charge in [-0.25, -0.2) is 18.4 Å². The van der Waals surface area contributed by atoms with Gasteiger partial charge in [0.25, 0.3) is 6.43 Å². The van der Waals surface area contributed by atoms with Crippen molar-refractivity contribution in [3.8, 4) is 0 Å². The third-order valence-corrected chi connectivity index (χ3v) is 2.17. The van der Waals surface area contributed by atoms with E-state index in [-0.39, 0.29) is 18.7 Å². The number of hydrogen-bond donors (Lipinski definition) is 3. The predicted octanol–water partition coefficient (Wildman–Crippen LogP) is 1.79. The fourth-order valence-corrected chi connectivity index (χ4v) is 1.28. The summed E-state index contributed by atoms with van der Waals surface area (Å²) in [5.74, 6) is -1.06. The summed E-state index contributed by atoms with van der Waals surface area (Å²) >= 11 is 0. The molecular weight excluding hydrogens is 274 g/mol. The van der Waals surface area contributed by atoms with Crippen molar-refractivity contribution in [3.05, 3.63) is 29.8 Å². The molecular formula is C12H14F2N2O4. The Morgan fingerprint density at radius 3 is 2.45 bits per heavy atom. The van der Waals surface area contributed by atoms with Crippen LogP contribution in [0.4, 0.5) is 19.3 Å². The van der Waals surface area contributed by atoms with Crippen LogP contribution >= 0.6 is 0 Å². The van der Waals surface area contributed by atoms with Crippen LogP contribution < -0.4 is 10.6 Å². The topological polar surface area (TPSA) is 87.7 Å². The van der Waals surface area contributed by atoms with Crippen LogP contribution in [0.2, 0.25) is 0 Å². The van der Waals surface area contributed by atoms with Gasteiger partial charge in [-0.3, -0.25) is 0 Å². The van der Waals surface area contributed by atoms with Gasteiger partial charge in [-0.05, 0) is 24.3 Å². The smallest absolute Gasteiger partial charge is 0.335 e. The van der Waals surface area contributed by atoms with Crippen molar-refractivity contribution in [3.63, 3.8) is 0 Å². The quantitative estimate of drug-likeness (QED) is 0.667. The number of rotatable bonds is 7. The number of anilines is 1. The molecule has 0 radical (unpaired) electrons. The molecule has 0 unspecified atom stereocenters. The highest BCUT2D eigenvalue weighted by molar-refractivity contribution is 5.91. The highest BCUT2D eigenvalue weighted by Gasteiger charge is 2.05. The summed E-state index contributed by atoms with van der Waals surface area (Å²) in [4.78, 5) is 22.0. The molecule has 1 rings (SSSR count). The zero-order chi connectivity index (χ0) is 15.0. The fourth-order valence-electron chi connectivity index (χ4n) is 1.28. The van der Waals surface area contributed by atoms with E-state index < -0.39 is 25.0 Å². The van der Waals surface area contributed by atoms with E-state index in [0.717, 1.165) is 0 Å². The van der Waals surface area contributed by atoms with Gasteiger partial charge in [0, 0.05) is 12.2 Å². The maximum atomic E-state index is 11.7. The molecule has 0 heterocycles. The molecule has 0 fully saturated rings. The molecule has 0 spiro atoms. The van der Waals surface area contributed by atoms with Crippen LogP contribution in [0, 0.1) is 0 Å². The van der Waals surface area contributed by atoms with Crippen LogP contribution in [0.3, 0.4) is 0 Å². The SMILES string of the molecule is O=C(NCCOCC(F)F)Nc1ccc(C(=O)O)cc1. The first-order chi connectivity index (χ1) is 9.49. The number of amides is 2. The Morgan fingerprint density at radius 2 is 1.90 bits per heavy atom. The number of carbonyl (C=O) groups excluding carboxylic acids is 1. The van der Waals surface area contributed by atoms with Crippen molar-refractivity contribution in [1.82, 2.24) is 5.32 Å². The van der Waals surface area contributed by atoms with Gasteiger partial charge in [0.15, 0.2) is 0 Å². The first-order valence-electron chi connectivity index (χ1n) is 5.73. The molecule has 1 aromatic carbocycles. The lowest BCUT2D eigenvalue weighted by Crippen LogP contribution is -2.31. The van der Waals surface area contributed by atoms with E-state index in [0.29, 0.717) is 5.69 Å². The van der Waals surface area contributed by atoms with Crippen molar-refractivity contribution < 1.29 is 28.2 Å². The molecule has 20 heavy (non-hydrogen) atoms. The fraction of sp³-hybridized carbons (Fsp3) is 0.333. The number of ether oxygens (including phenoxy) is 1. The van der Waals surface area contributed by atoms with Crippen molar-refractivity contribution in [2.24, 2.45) is 0 Å². The average Bonchev–Trinajstić information content (AvgIpc) is 2.38. The van der Waals surface area contributed by atoms with Crippen molar-refractivity contribution in [2.45, 2.75) is 6.43 Å². The van der Waals surface area contributed by atoms with Crippen LogP contribution in [0.25, 0.3) is 0 Å². The number of carboxylic acids is 1. The van der Waals surface area contributed by atoms with E-state index in [1.54, 1.807) is 0 Å². The molecule has 8 heteroatoms. The Balaban J connectivity index is 2.26. The van der Waals surface area contributed by atoms with Gasteiger partial charge >= 0.3 is 12.0 Å². The number of hydrogen-bond acceptors (Lipinski definition) is 3. The first kappa shape index (κ1) is 15.8. The summed E-state index contributed by atoms with van der Waals surface area (Å²) in [5, 5.41) is 13.6. The third kappa shape index (κ3) is 6.10. The Bertz CT molecular complexity index is 451. The molecule has 1 aromatic rings. The highest BCUT2D eigenvalue weighted by Crippen LogP contribution is 2.09. The minimum Gasteiger partial charge on any atom is -0.478 e. The van der Waals surface area contributed by atoms with Crippen molar-refractivity contribution >= 4 is 17.7 Å². The van der Waals surface area contributed by atoms with E-state index >= 15 is 0 Å². The molecule has 0 aliphatic heterocycles. The summed E-state index contributed by atoms with van der Waals surface area (Å²) in [7, 11) is 0. The number of halogens is 2. The molecule has 3 N–H and O–H groups in total. The molecule has 0 saturated carbocycles. The van der Waals surface area contributed by atoms with E-state index in [1.807, 2.05) is 0 Å². The summed E-state index contributed by atoms with van der Waals surface area (Å²) in [6.07, 6.45) is -2.53. The van der Waals surface area contributed by atoms with Gasteiger partial charge in [0.1, 0.15) is 6.61 Å². The van der Waals surface area contributed by atoms with E-state index in [2.05, 4.69) is 15.4 Å². The molecule has 0 aliphatic rings. The van der Waals surface area contributed by atoms with Crippen LogP contribution in [0.15, 0.2) is 24.3 Å². The monoisotopic (exact) mass is 288 g/mol. The molecule has 0 aliphatic carbocycles. The minimum atomic E-state index is -2.53. The molecule has 0 bridgehead atoms. The lowest BCUT2D eigenvalue weighted by molar-refractivity contribution is 0.0194. The van der Waals surface area contributed by atoms with Crippen molar-refractivity contribution in [1.29, 1.82) is 0 Å². The number of nitrogens with one attached hydrogen (secondary N) is 2. The number of carboxylic acid groups (broad SMARTS) is 1. The number of aromatic carboxylic acids is 1. The van der Waals surface area contributed by atoms with Crippen LogP contribution in [-0.2, 0) is 4.74 Å². The molecule has 6 nitrogen and oxygen atoms in total. The van der Waals surface area contributed by atoms with Gasteiger partial charge in [0.2, 0.25) is 0 Å². The Labute approximate surface area is 113 Å². The Kier molecular flexibility index (Phi) is 6.38. The van der Waals surface area contributed by atoms with Gasteiger partial charge in [-0.2, -0.15) is 0 Å². The lowest BCUT2D eigenvalue weighted by atomic mass is 10.2. The zero-order valence-corrected chi connectivity index (χ0v) is 10.4. The minimum absolute atomic E-state index is 0.0181. The number of benzene rings is 1. The van der Waals surface area contributed by atoms with Crippen molar-refractivity contribution in [2.75, 3.05) is 25.1 Å². The maximum absolute atomic E-state index is 11.7. The highest BCUT2D eigenvalue weighted by atomic mass is 19.3. The van der Waals surface area contributed by atoms with Gasteiger partial charge in [-0.1, -0.05) is 0 Å². The molecule has 0 aromatic heterocycles. The summed E-state index contributed by atoms with van der Waals surface area (Å²) in [6, 6.07) is 5.05. The van der Waals surface area contributed by atoms with Crippen LogP contribution in [-0.4, -0.2) is 43.3 Å². The summed E-state index contributed by atoms with van der Waals surface area (Å²) in [6.45, 7) is -0.596. The van der Waals surface area contributed by atoms with Gasteiger partial charge in [-0.15, -0.1) is 0 Å². The molecule has 2 amide bonds. The average molecular weight is 288 g/mol. The van der Waals surface area contributed by atoms with E-state index in [1.165, 1.54) is 24.3 Å². The van der Waals surface area contributed by atoms with E-state index in [9.17, 15) is 18.4 Å². The number of urea groups is 1. The summed E-state index contributed by atoms with van der Waals surface area (Å²) in [5.41, 5.74) is 0.525.